The van der Waals surface area contributed by atoms with Crippen molar-refractivity contribution in [1.82, 2.24) is 10.2 Å². The van der Waals surface area contributed by atoms with Gasteiger partial charge in [-0.3, -0.25) is 13.9 Å². The molecule has 1 N–H and O–H groups in total. The minimum atomic E-state index is -4.25. The van der Waals surface area contributed by atoms with E-state index in [9.17, 15) is 18.0 Å². The Morgan fingerprint density at radius 3 is 2.30 bits per heavy atom. The zero-order chi connectivity index (χ0) is 31.0. The van der Waals surface area contributed by atoms with Gasteiger partial charge in [-0.15, -0.1) is 0 Å². The molecule has 0 bridgehead atoms. The molecule has 0 spiro atoms. The fourth-order valence-electron chi connectivity index (χ4n) is 5.21. The molecule has 0 aliphatic heterocycles. The molecule has 3 aromatic rings. The van der Waals surface area contributed by atoms with Crippen LogP contribution in [0.5, 0.6) is 11.5 Å². The number of nitrogens with zero attached hydrogens (tertiary/aromatic N) is 2. The van der Waals surface area contributed by atoms with Gasteiger partial charge in [-0.25, -0.2) is 8.42 Å². The van der Waals surface area contributed by atoms with E-state index in [1.54, 1.807) is 43.3 Å². The Bertz CT molecular complexity index is 1510. The van der Waals surface area contributed by atoms with Crippen LogP contribution in [0.25, 0.3) is 0 Å². The van der Waals surface area contributed by atoms with Crippen LogP contribution in [-0.2, 0) is 26.2 Å². The normalized spacial score (nSPS) is 14.4. The van der Waals surface area contributed by atoms with Gasteiger partial charge in [0.25, 0.3) is 10.0 Å². The van der Waals surface area contributed by atoms with Gasteiger partial charge in [0.2, 0.25) is 11.8 Å². The lowest BCUT2D eigenvalue weighted by Crippen LogP contribution is -2.53. The predicted molar refractivity (Wildman–Crippen MR) is 170 cm³/mol. The Hall–Kier alpha value is -3.57. The lowest BCUT2D eigenvalue weighted by Gasteiger charge is -2.33. The topological polar surface area (TPSA) is 105 Å². The molecule has 1 aliphatic carbocycles. The number of methoxy groups -OCH3 is 2. The number of halogens is 1. The first kappa shape index (κ1) is 32.3. The monoisotopic (exact) mass is 671 g/mol. The van der Waals surface area contributed by atoms with E-state index in [1.807, 2.05) is 24.3 Å². The van der Waals surface area contributed by atoms with Crippen molar-refractivity contribution in [2.75, 3.05) is 25.1 Å². The number of sulfonamides is 1. The van der Waals surface area contributed by atoms with Gasteiger partial charge in [0.05, 0.1) is 24.8 Å². The van der Waals surface area contributed by atoms with Crippen molar-refractivity contribution in [3.05, 3.63) is 82.8 Å². The first-order valence-corrected chi connectivity index (χ1v) is 16.5. The maximum atomic E-state index is 14.2. The number of hydrogen-bond acceptors (Lipinski definition) is 6. The summed E-state index contributed by atoms with van der Waals surface area (Å²) in [6, 6.07) is 19.3. The van der Waals surface area contributed by atoms with Gasteiger partial charge >= 0.3 is 0 Å². The van der Waals surface area contributed by atoms with Crippen molar-refractivity contribution in [3.8, 4) is 11.5 Å². The molecule has 0 saturated heterocycles. The second-order valence-corrected chi connectivity index (χ2v) is 13.3. The van der Waals surface area contributed by atoms with Crippen molar-refractivity contribution >= 4 is 43.5 Å². The van der Waals surface area contributed by atoms with E-state index in [-0.39, 0.29) is 34.8 Å². The van der Waals surface area contributed by atoms with Crippen LogP contribution in [0.3, 0.4) is 0 Å². The number of hydrogen-bond donors (Lipinski definition) is 1. The summed E-state index contributed by atoms with van der Waals surface area (Å²) in [6.45, 7) is 1.24. The lowest BCUT2D eigenvalue weighted by molar-refractivity contribution is -0.139. The molecule has 43 heavy (non-hydrogen) atoms. The molecule has 230 valence electrons. The van der Waals surface area contributed by atoms with Crippen LogP contribution < -0.4 is 19.1 Å². The Labute approximate surface area is 262 Å². The van der Waals surface area contributed by atoms with Crippen LogP contribution >= 0.6 is 15.9 Å². The molecule has 0 unspecified atom stereocenters. The minimum absolute atomic E-state index is 0.0198. The number of carbonyl (C=O) groups is 2. The Morgan fingerprint density at radius 1 is 0.953 bits per heavy atom. The lowest BCUT2D eigenvalue weighted by atomic mass is 9.95. The van der Waals surface area contributed by atoms with Gasteiger partial charge < -0.3 is 19.7 Å². The van der Waals surface area contributed by atoms with Gasteiger partial charge in [-0.1, -0.05) is 59.5 Å². The van der Waals surface area contributed by atoms with E-state index >= 15 is 0 Å². The number of anilines is 1. The molecule has 1 aliphatic rings. The summed E-state index contributed by atoms with van der Waals surface area (Å²) in [5.41, 5.74) is 0.998. The fraction of sp³-hybridized carbons (Fsp3) is 0.375. The highest BCUT2D eigenvalue weighted by Gasteiger charge is 2.34. The summed E-state index contributed by atoms with van der Waals surface area (Å²) >= 11 is 3.48. The number of amides is 2. The van der Waals surface area contributed by atoms with Crippen molar-refractivity contribution in [3.63, 3.8) is 0 Å². The third kappa shape index (κ3) is 8.08. The van der Waals surface area contributed by atoms with Gasteiger partial charge in [0, 0.05) is 17.1 Å². The highest BCUT2D eigenvalue weighted by Crippen LogP contribution is 2.33. The summed E-state index contributed by atoms with van der Waals surface area (Å²) in [6.07, 6.45) is 5.06. The molecule has 4 rings (SSSR count). The number of carbonyl (C=O) groups excluding carboxylic acids is 2. The largest absolute Gasteiger partial charge is 0.497 e. The average Bonchev–Trinajstić information content (AvgIpc) is 3.02. The summed E-state index contributed by atoms with van der Waals surface area (Å²) < 4.78 is 40.8. The van der Waals surface area contributed by atoms with Crippen molar-refractivity contribution < 1.29 is 27.5 Å². The quantitative estimate of drug-likeness (QED) is 0.272. The number of benzene rings is 3. The van der Waals surface area contributed by atoms with E-state index in [0.29, 0.717) is 5.75 Å². The van der Waals surface area contributed by atoms with Gasteiger partial charge in [0.15, 0.2) is 0 Å². The van der Waals surface area contributed by atoms with Crippen LogP contribution in [0, 0.1) is 0 Å². The van der Waals surface area contributed by atoms with E-state index in [1.165, 1.54) is 31.3 Å². The fourth-order valence-corrected chi connectivity index (χ4v) is 7.08. The summed E-state index contributed by atoms with van der Waals surface area (Å²) in [5.74, 6) is -0.0164. The second-order valence-electron chi connectivity index (χ2n) is 10.5. The molecule has 1 saturated carbocycles. The molecule has 9 nitrogen and oxygen atoms in total. The predicted octanol–water partition coefficient (Wildman–Crippen LogP) is 5.53. The smallest absolute Gasteiger partial charge is 0.264 e. The molecule has 0 aromatic heterocycles. The SMILES string of the molecule is COc1ccc(S(=O)(=O)N(CC(=O)N(Cc2cccc(Br)c2)[C@@H](C)C(=O)NC2CCCCC2)c2ccccc2OC)cc1. The maximum Gasteiger partial charge on any atom is 0.264 e. The van der Waals surface area contributed by atoms with Crippen LogP contribution in [0.1, 0.15) is 44.6 Å². The summed E-state index contributed by atoms with van der Waals surface area (Å²) in [5, 5.41) is 3.12. The third-order valence-electron chi connectivity index (χ3n) is 7.64. The molecule has 1 atom stereocenters. The van der Waals surface area contributed by atoms with Crippen molar-refractivity contribution in [2.24, 2.45) is 0 Å². The Balaban J connectivity index is 1.71. The van der Waals surface area contributed by atoms with E-state index < -0.39 is 28.5 Å². The Kier molecular flexibility index (Phi) is 11.1. The van der Waals surface area contributed by atoms with Crippen LogP contribution in [0.15, 0.2) is 82.2 Å². The van der Waals surface area contributed by atoms with Crippen molar-refractivity contribution in [2.45, 2.75) is 62.6 Å². The summed E-state index contributed by atoms with van der Waals surface area (Å²) in [4.78, 5) is 29.1. The molecule has 2 amide bonds. The molecule has 1 fully saturated rings. The minimum Gasteiger partial charge on any atom is -0.497 e. The molecule has 0 radical (unpaired) electrons. The molecular formula is C32H38BrN3O6S. The standard InChI is InChI=1S/C32H38BrN3O6S/c1-23(32(38)34-26-12-5-4-6-13-26)35(21-24-10-9-11-25(33)20-24)31(37)22-36(29-14-7-8-15-30(29)42-3)43(39,40)28-18-16-27(41-2)17-19-28/h7-11,14-20,23,26H,4-6,12-13,21-22H2,1-3H3,(H,34,38)/t23-/m0/s1. The second kappa shape index (κ2) is 14.7. The highest BCUT2D eigenvalue weighted by atomic mass is 79.9. The summed E-state index contributed by atoms with van der Waals surface area (Å²) in [7, 11) is -1.31. The average molecular weight is 673 g/mol. The van der Waals surface area contributed by atoms with Crippen LogP contribution in [-0.4, -0.2) is 58.0 Å². The van der Waals surface area contributed by atoms with Gasteiger partial charge in [-0.2, -0.15) is 0 Å². The first-order valence-electron chi connectivity index (χ1n) is 14.3. The van der Waals surface area contributed by atoms with Gasteiger partial charge in [-0.05, 0) is 73.9 Å². The highest BCUT2D eigenvalue weighted by molar-refractivity contribution is 9.10. The first-order chi connectivity index (χ1) is 20.6. The maximum absolute atomic E-state index is 14.2. The van der Waals surface area contributed by atoms with E-state index in [2.05, 4.69) is 21.2 Å². The zero-order valence-electron chi connectivity index (χ0n) is 24.7. The van der Waals surface area contributed by atoms with E-state index in [4.69, 9.17) is 9.47 Å². The zero-order valence-corrected chi connectivity index (χ0v) is 27.1. The van der Waals surface area contributed by atoms with Crippen LogP contribution in [0.2, 0.25) is 0 Å². The number of rotatable bonds is 12. The van der Waals surface area contributed by atoms with Crippen molar-refractivity contribution in [1.29, 1.82) is 0 Å². The molecule has 3 aromatic carbocycles. The number of ether oxygens (including phenoxy) is 2. The number of para-hydroxylation sites is 2. The van der Waals surface area contributed by atoms with Gasteiger partial charge in [0.1, 0.15) is 24.1 Å². The van der Waals surface area contributed by atoms with E-state index in [0.717, 1.165) is 46.4 Å². The molecular weight excluding hydrogens is 634 g/mol. The third-order valence-corrected chi connectivity index (χ3v) is 9.91. The number of nitrogens with one attached hydrogen (secondary N) is 1. The Morgan fingerprint density at radius 2 is 1.65 bits per heavy atom. The molecule has 0 heterocycles. The van der Waals surface area contributed by atoms with Crippen LogP contribution in [0.4, 0.5) is 5.69 Å². The molecule has 11 heteroatoms.